The maximum absolute atomic E-state index is 11.0. The second kappa shape index (κ2) is 5.95. The summed E-state index contributed by atoms with van der Waals surface area (Å²) >= 11 is 5.72. The van der Waals surface area contributed by atoms with Gasteiger partial charge in [0.15, 0.2) is 0 Å². The number of carbonyl (C=O) groups excluding carboxylic acids is 1. The number of pyridine rings is 1. The minimum Gasteiger partial charge on any atom is -0.463 e. The molecule has 0 spiro atoms. The zero-order valence-corrected chi connectivity index (χ0v) is 9.68. The zero-order chi connectivity index (χ0) is 12.8. The Bertz CT molecular complexity index is 473. The van der Waals surface area contributed by atoms with Gasteiger partial charge in [-0.3, -0.25) is 10.1 Å². The highest BCUT2D eigenvalue weighted by molar-refractivity contribution is 6.31. The third-order valence-electron chi connectivity index (χ3n) is 1.75. The highest BCUT2D eigenvalue weighted by Crippen LogP contribution is 2.20. The molecule has 0 bridgehead atoms. The summed E-state index contributed by atoms with van der Waals surface area (Å²) in [7, 11) is 0. The number of nitrogens with zero attached hydrogens (tertiary/aromatic N) is 2. The molecule has 1 rings (SSSR count). The molecule has 0 aliphatic heterocycles. The Labute approximate surface area is 102 Å². The lowest BCUT2D eigenvalue weighted by Crippen LogP contribution is -1.99. The summed E-state index contributed by atoms with van der Waals surface area (Å²) < 4.78 is 4.66. The van der Waals surface area contributed by atoms with Crippen molar-refractivity contribution < 1.29 is 14.5 Å². The van der Waals surface area contributed by atoms with Crippen LogP contribution in [0, 0.1) is 10.1 Å². The third-order valence-corrected chi connectivity index (χ3v) is 2.06. The molecule has 0 N–H and O–H groups in total. The highest BCUT2D eigenvalue weighted by Gasteiger charge is 2.09. The highest BCUT2D eigenvalue weighted by atomic mass is 35.5. The van der Waals surface area contributed by atoms with Crippen LogP contribution >= 0.6 is 11.6 Å². The molecule has 0 unspecified atom stereocenters. The van der Waals surface area contributed by atoms with E-state index in [1.807, 2.05) is 0 Å². The van der Waals surface area contributed by atoms with Crippen molar-refractivity contribution in [1.29, 1.82) is 0 Å². The summed E-state index contributed by atoms with van der Waals surface area (Å²) in [5, 5.41) is 10.6. The van der Waals surface area contributed by atoms with E-state index in [0.29, 0.717) is 0 Å². The van der Waals surface area contributed by atoms with E-state index in [1.165, 1.54) is 12.1 Å². The van der Waals surface area contributed by atoms with E-state index in [-0.39, 0.29) is 23.0 Å². The first kappa shape index (κ1) is 13.1. The van der Waals surface area contributed by atoms with Gasteiger partial charge in [-0.15, -0.1) is 0 Å². The van der Waals surface area contributed by atoms with Crippen molar-refractivity contribution >= 4 is 29.3 Å². The quantitative estimate of drug-likeness (QED) is 0.271. The van der Waals surface area contributed by atoms with Crippen LogP contribution in [-0.2, 0) is 9.53 Å². The predicted molar refractivity (Wildman–Crippen MR) is 61.6 cm³/mol. The van der Waals surface area contributed by atoms with Crippen LogP contribution in [0.15, 0.2) is 18.3 Å². The van der Waals surface area contributed by atoms with Gasteiger partial charge in [0.25, 0.3) is 5.69 Å². The van der Waals surface area contributed by atoms with Crippen LogP contribution in [0.1, 0.15) is 12.5 Å². The summed E-state index contributed by atoms with van der Waals surface area (Å²) in [5.74, 6) is -0.546. The molecule has 1 aromatic heterocycles. The molecule has 0 saturated heterocycles. The van der Waals surface area contributed by atoms with Gasteiger partial charge in [0.05, 0.1) is 11.5 Å². The zero-order valence-electron chi connectivity index (χ0n) is 8.92. The lowest BCUT2D eigenvalue weighted by atomic mass is 10.2. The molecule has 0 aliphatic carbocycles. The van der Waals surface area contributed by atoms with Crippen molar-refractivity contribution in [2.75, 3.05) is 6.61 Å². The van der Waals surface area contributed by atoms with Gasteiger partial charge in [-0.05, 0) is 13.0 Å². The van der Waals surface area contributed by atoms with Gasteiger partial charge in [-0.2, -0.15) is 0 Å². The van der Waals surface area contributed by atoms with Crippen LogP contribution in [0.25, 0.3) is 6.08 Å². The molecule has 6 nitrogen and oxygen atoms in total. The van der Waals surface area contributed by atoms with Gasteiger partial charge in [-0.25, -0.2) is 9.78 Å². The fourth-order valence-electron chi connectivity index (χ4n) is 1.02. The van der Waals surface area contributed by atoms with Gasteiger partial charge in [0.1, 0.15) is 11.3 Å². The summed E-state index contributed by atoms with van der Waals surface area (Å²) in [6.07, 6.45) is 3.50. The molecule has 0 amide bonds. The van der Waals surface area contributed by atoms with Gasteiger partial charge in [0, 0.05) is 17.7 Å². The number of hydrogen-bond donors (Lipinski definition) is 0. The number of esters is 1. The lowest BCUT2D eigenvalue weighted by molar-refractivity contribution is -0.385. The van der Waals surface area contributed by atoms with E-state index in [0.717, 1.165) is 12.3 Å². The third kappa shape index (κ3) is 3.84. The van der Waals surface area contributed by atoms with Crippen LogP contribution in [0.5, 0.6) is 0 Å². The number of carbonyl (C=O) groups is 1. The largest absolute Gasteiger partial charge is 0.463 e. The topological polar surface area (TPSA) is 82.3 Å². The van der Waals surface area contributed by atoms with E-state index in [1.54, 1.807) is 6.92 Å². The second-order valence-electron chi connectivity index (χ2n) is 2.92. The molecule has 1 heterocycles. The molecule has 0 radical (unpaired) electrons. The van der Waals surface area contributed by atoms with E-state index >= 15 is 0 Å². The van der Waals surface area contributed by atoms with Gasteiger partial charge >= 0.3 is 5.97 Å². The molecule has 1 aromatic rings. The molecule has 0 fully saturated rings. The van der Waals surface area contributed by atoms with Crippen molar-refractivity contribution in [3.05, 3.63) is 39.2 Å². The Morgan fingerprint density at radius 2 is 2.41 bits per heavy atom. The van der Waals surface area contributed by atoms with Gasteiger partial charge in [-0.1, -0.05) is 11.6 Å². The predicted octanol–water partition coefficient (Wildman–Crippen LogP) is 2.22. The van der Waals surface area contributed by atoms with Crippen LogP contribution < -0.4 is 0 Å². The summed E-state index contributed by atoms with van der Waals surface area (Å²) in [6, 6.07) is 1.23. The Kier molecular flexibility index (Phi) is 4.59. The van der Waals surface area contributed by atoms with Gasteiger partial charge in [0.2, 0.25) is 0 Å². The Hall–Kier alpha value is -1.95. The molecular weight excluding hydrogens is 248 g/mol. The van der Waals surface area contributed by atoms with E-state index < -0.39 is 10.9 Å². The van der Waals surface area contributed by atoms with Crippen LogP contribution in [0.4, 0.5) is 5.69 Å². The minimum absolute atomic E-state index is 0.0798. The number of aromatic nitrogens is 1. The van der Waals surface area contributed by atoms with Crippen LogP contribution in [0.3, 0.4) is 0 Å². The van der Waals surface area contributed by atoms with Crippen molar-refractivity contribution in [3.8, 4) is 0 Å². The molecule has 0 saturated carbocycles. The average Bonchev–Trinajstić information content (AvgIpc) is 2.28. The first-order valence-electron chi connectivity index (χ1n) is 4.69. The molecular formula is C10H9ClN2O4. The number of halogens is 1. The fourth-order valence-corrected chi connectivity index (χ4v) is 1.18. The molecule has 17 heavy (non-hydrogen) atoms. The van der Waals surface area contributed by atoms with Crippen molar-refractivity contribution in [2.24, 2.45) is 0 Å². The Morgan fingerprint density at radius 3 is 3.00 bits per heavy atom. The monoisotopic (exact) mass is 256 g/mol. The van der Waals surface area contributed by atoms with Crippen LogP contribution in [0.2, 0.25) is 5.15 Å². The number of ether oxygens (including phenoxy) is 1. The average molecular weight is 257 g/mol. The van der Waals surface area contributed by atoms with E-state index in [9.17, 15) is 14.9 Å². The van der Waals surface area contributed by atoms with E-state index in [2.05, 4.69) is 9.72 Å². The molecule has 0 aliphatic rings. The lowest BCUT2D eigenvalue weighted by Gasteiger charge is -1.98. The molecule has 0 aromatic carbocycles. The first-order valence-corrected chi connectivity index (χ1v) is 5.07. The SMILES string of the molecule is CCOC(=O)C=Cc1cc([N+](=O)[O-])cnc1Cl. The fraction of sp³-hybridized carbons (Fsp3) is 0.200. The Balaban J connectivity index is 2.93. The second-order valence-corrected chi connectivity index (χ2v) is 3.27. The molecule has 90 valence electrons. The minimum atomic E-state index is -0.592. The number of nitro groups is 1. The standard InChI is InChI=1S/C10H9ClN2O4/c1-2-17-9(14)4-3-7-5-8(13(15)16)6-12-10(7)11/h3-6H,2H2,1H3. The summed E-state index contributed by atoms with van der Waals surface area (Å²) in [4.78, 5) is 24.6. The van der Waals surface area contributed by atoms with Crippen molar-refractivity contribution in [2.45, 2.75) is 6.92 Å². The Morgan fingerprint density at radius 1 is 1.71 bits per heavy atom. The maximum Gasteiger partial charge on any atom is 0.330 e. The normalized spacial score (nSPS) is 10.5. The molecule has 0 atom stereocenters. The summed E-state index contributed by atoms with van der Waals surface area (Å²) in [5.41, 5.74) is 0.0897. The molecule has 7 heteroatoms. The first-order chi connectivity index (χ1) is 8.04. The maximum atomic E-state index is 11.0. The van der Waals surface area contributed by atoms with Crippen LogP contribution in [-0.4, -0.2) is 22.5 Å². The van der Waals surface area contributed by atoms with Crippen molar-refractivity contribution in [1.82, 2.24) is 4.98 Å². The van der Waals surface area contributed by atoms with Gasteiger partial charge < -0.3 is 4.74 Å². The number of rotatable bonds is 4. The summed E-state index contributed by atoms with van der Waals surface area (Å²) in [6.45, 7) is 1.93. The van der Waals surface area contributed by atoms with E-state index in [4.69, 9.17) is 11.6 Å². The van der Waals surface area contributed by atoms with Crippen molar-refractivity contribution in [3.63, 3.8) is 0 Å². The number of hydrogen-bond acceptors (Lipinski definition) is 5. The smallest absolute Gasteiger partial charge is 0.330 e.